The molecule has 0 bridgehead atoms. The fourth-order valence-electron chi connectivity index (χ4n) is 2.91. The highest BCUT2D eigenvalue weighted by Gasteiger charge is 2.26. The highest BCUT2D eigenvalue weighted by molar-refractivity contribution is 7.89. The Bertz CT molecular complexity index is 894. The number of nitrogens with one attached hydrogen (secondary N) is 1. The SMILES string of the molecule is CCN(CC)S(=O)(=O)c1ccc(NCC(c2cccs2)N(C)C)c([N+](=O)[O-])c1. The van der Waals surface area contributed by atoms with Gasteiger partial charge in [-0.15, -0.1) is 11.3 Å². The van der Waals surface area contributed by atoms with Crippen LogP contribution in [0.4, 0.5) is 11.4 Å². The number of nitro benzene ring substituents is 1. The fourth-order valence-corrected chi connectivity index (χ4v) is 5.31. The van der Waals surface area contributed by atoms with Crippen LogP contribution in [-0.2, 0) is 10.0 Å². The van der Waals surface area contributed by atoms with Crippen molar-refractivity contribution in [2.75, 3.05) is 39.0 Å². The lowest BCUT2D eigenvalue weighted by atomic mass is 10.2. The summed E-state index contributed by atoms with van der Waals surface area (Å²) in [6, 6.07) is 8.04. The molecular formula is C18H26N4O4S2. The molecule has 8 nitrogen and oxygen atoms in total. The Labute approximate surface area is 170 Å². The fraction of sp³-hybridized carbons (Fsp3) is 0.444. The molecular weight excluding hydrogens is 400 g/mol. The van der Waals surface area contributed by atoms with Crippen LogP contribution in [0.2, 0.25) is 0 Å². The summed E-state index contributed by atoms with van der Waals surface area (Å²) in [6.07, 6.45) is 0. The topological polar surface area (TPSA) is 95.8 Å². The number of sulfonamides is 1. The minimum absolute atomic E-state index is 0.0405. The predicted octanol–water partition coefficient (Wildman–Crippen LogP) is 3.40. The molecule has 1 heterocycles. The molecule has 0 amide bonds. The van der Waals surface area contributed by atoms with Crippen molar-refractivity contribution in [2.24, 2.45) is 0 Å². The lowest BCUT2D eigenvalue weighted by Crippen LogP contribution is -2.30. The third-order valence-electron chi connectivity index (χ3n) is 4.49. The molecule has 0 saturated heterocycles. The lowest BCUT2D eigenvalue weighted by molar-refractivity contribution is -0.384. The molecule has 0 spiro atoms. The van der Waals surface area contributed by atoms with Crippen LogP contribution in [0.15, 0.2) is 40.6 Å². The maximum atomic E-state index is 12.7. The monoisotopic (exact) mass is 426 g/mol. The molecule has 0 aliphatic carbocycles. The van der Waals surface area contributed by atoms with Gasteiger partial charge in [-0.05, 0) is 37.7 Å². The van der Waals surface area contributed by atoms with Gasteiger partial charge in [0.15, 0.2) is 0 Å². The lowest BCUT2D eigenvalue weighted by Gasteiger charge is -2.24. The Morgan fingerprint density at radius 3 is 2.39 bits per heavy atom. The average Bonchev–Trinajstić information content (AvgIpc) is 3.16. The first-order chi connectivity index (χ1) is 13.2. The van der Waals surface area contributed by atoms with E-state index >= 15 is 0 Å². The van der Waals surface area contributed by atoms with E-state index in [0.717, 1.165) is 10.9 Å². The summed E-state index contributed by atoms with van der Waals surface area (Å²) in [4.78, 5) is 14.1. The molecule has 0 aliphatic heterocycles. The van der Waals surface area contributed by atoms with Gasteiger partial charge in [0.05, 0.1) is 15.9 Å². The summed E-state index contributed by atoms with van der Waals surface area (Å²) in [5, 5.41) is 16.7. The Kier molecular flexibility index (Phi) is 7.53. The summed E-state index contributed by atoms with van der Waals surface area (Å²) < 4.78 is 26.6. The van der Waals surface area contributed by atoms with E-state index in [1.807, 2.05) is 36.5 Å². The van der Waals surface area contributed by atoms with Crippen molar-refractivity contribution in [3.05, 3.63) is 50.7 Å². The molecule has 1 N–H and O–H groups in total. The third kappa shape index (κ3) is 4.88. The van der Waals surface area contributed by atoms with E-state index in [4.69, 9.17) is 0 Å². The standard InChI is InChI=1S/C18H26N4O4S2/c1-5-21(6-2)28(25,26)14-9-10-15(16(12-14)22(23)24)19-13-17(20(3)4)18-8-7-11-27-18/h7-12,17,19H,5-6,13H2,1-4H3. The molecule has 1 aromatic heterocycles. The van der Waals surface area contributed by atoms with Gasteiger partial charge in [0, 0.05) is 30.6 Å². The van der Waals surface area contributed by atoms with Gasteiger partial charge in [-0.1, -0.05) is 19.9 Å². The molecule has 10 heteroatoms. The average molecular weight is 427 g/mol. The smallest absolute Gasteiger partial charge is 0.293 e. The van der Waals surface area contributed by atoms with Crippen LogP contribution in [-0.4, -0.2) is 56.3 Å². The summed E-state index contributed by atoms with van der Waals surface area (Å²) in [5.74, 6) is 0. The molecule has 0 aliphatic rings. The highest BCUT2D eigenvalue weighted by Crippen LogP contribution is 2.30. The number of hydrogen-bond acceptors (Lipinski definition) is 7. The number of hydrogen-bond donors (Lipinski definition) is 1. The summed E-state index contributed by atoms with van der Waals surface area (Å²) in [7, 11) is 0.130. The molecule has 1 aromatic carbocycles. The first-order valence-corrected chi connectivity index (χ1v) is 11.3. The van der Waals surface area contributed by atoms with Crippen molar-refractivity contribution in [3.63, 3.8) is 0 Å². The predicted molar refractivity (Wildman–Crippen MR) is 112 cm³/mol. The zero-order valence-corrected chi connectivity index (χ0v) is 18.1. The van der Waals surface area contributed by atoms with Crippen LogP contribution < -0.4 is 5.32 Å². The molecule has 0 fully saturated rings. The Morgan fingerprint density at radius 1 is 1.21 bits per heavy atom. The quantitative estimate of drug-likeness (QED) is 0.462. The van der Waals surface area contributed by atoms with Crippen LogP contribution in [0.25, 0.3) is 0 Å². The number of anilines is 1. The van der Waals surface area contributed by atoms with E-state index in [2.05, 4.69) is 5.32 Å². The van der Waals surface area contributed by atoms with Gasteiger partial charge in [-0.25, -0.2) is 8.42 Å². The van der Waals surface area contributed by atoms with Crippen LogP contribution >= 0.6 is 11.3 Å². The van der Waals surface area contributed by atoms with Crippen molar-refractivity contribution >= 4 is 32.7 Å². The zero-order valence-electron chi connectivity index (χ0n) is 16.5. The molecule has 1 atom stereocenters. The van der Waals surface area contributed by atoms with Gasteiger partial charge in [-0.3, -0.25) is 10.1 Å². The van der Waals surface area contributed by atoms with Crippen molar-refractivity contribution in [3.8, 4) is 0 Å². The van der Waals surface area contributed by atoms with E-state index < -0.39 is 14.9 Å². The maximum Gasteiger partial charge on any atom is 0.293 e. The van der Waals surface area contributed by atoms with Crippen molar-refractivity contribution in [2.45, 2.75) is 24.8 Å². The number of nitrogens with zero attached hydrogens (tertiary/aromatic N) is 3. The molecule has 2 rings (SSSR count). The second-order valence-corrected chi connectivity index (χ2v) is 9.32. The van der Waals surface area contributed by atoms with Crippen LogP contribution in [0, 0.1) is 10.1 Å². The summed E-state index contributed by atoms with van der Waals surface area (Å²) in [6.45, 7) is 4.53. The number of nitro groups is 1. The minimum Gasteiger partial charge on any atom is -0.378 e. The zero-order chi connectivity index (χ0) is 20.9. The summed E-state index contributed by atoms with van der Waals surface area (Å²) in [5.41, 5.74) is 0.0452. The van der Waals surface area contributed by atoms with Crippen molar-refractivity contribution in [1.29, 1.82) is 0 Å². The van der Waals surface area contributed by atoms with Gasteiger partial charge in [0.1, 0.15) is 5.69 Å². The highest BCUT2D eigenvalue weighted by atomic mass is 32.2. The molecule has 1 unspecified atom stereocenters. The molecule has 0 radical (unpaired) electrons. The van der Waals surface area contributed by atoms with Gasteiger partial charge in [0.2, 0.25) is 10.0 Å². The molecule has 28 heavy (non-hydrogen) atoms. The van der Waals surface area contributed by atoms with Gasteiger partial charge < -0.3 is 10.2 Å². The second-order valence-electron chi connectivity index (χ2n) is 6.40. The van der Waals surface area contributed by atoms with Crippen molar-refractivity contribution < 1.29 is 13.3 Å². The number of rotatable bonds is 10. The molecule has 0 saturated carbocycles. The van der Waals surface area contributed by atoms with E-state index in [0.29, 0.717) is 25.3 Å². The Hall–Kier alpha value is -2.01. The second kappa shape index (κ2) is 9.46. The first-order valence-electron chi connectivity index (χ1n) is 8.94. The number of thiophene rings is 1. The number of likely N-dealkylation sites (N-methyl/N-ethyl adjacent to an activating group) is 1. The Morgan fingerprint density at radius 2 is 1.89 bits per heavy atom. The van der Waals surface area contributed by atoms with Gasteiger partial charge in [0.25, 0.3) is 5.69 Å². The van der Waals surface area contributed by atoms with Crippen LogP contribution in [0.3, 0.4) is 0 Å². The largest absolute Gasteiger partial charge is 0.378 e. The van der Waals surface area contributed by atoms with Gasteiger partial charge >= 0.3 is 0 Å². The first kappa shape index (κ1) is 22.3. The van der Waals surface area contributed by atoms with E-state index in [1.165, 1.54) is 16.4 Å². The van der Waals surface area contributed by atoms with E-state index in [1.54, 1.807) is 25.2 Å². The summed E-state index contributed by atoms with van der Waals surface area (Å²) >= 11 is 1.62. The minimum atomic E-state index is -3.76. The van der Waals surface area contributed by atoms with E-state index in [9.17, 15) is 18.5 Å². The third-order valence-corrected chi connectivity index (χ3v) is 7.51. The number of benzene rings is 1. The van der Waals surface area contributed by atoms with E-state index in [-0.39, 0.29) is 16.6 Å². The molecule has 154 valence electrons. The van der Waals surface area contributed by atoms with Crippen molar-refractivity contribution in [1.82, 2.24) is 9.21 Å². The molecule has 2 aromatic rings. The van der Waals surface area contributed by atoms with Gasteiger partial charge in [-0.2, -0.15) is 4.31 Å². The van der Waals surface area contributed by atoms with Crippen LogP contribution in [0.5, 0.6) is 0 Å². The van der Waals surface area contributed by atoms with Crippen LogP contribution in [0.1, 0.15) is 24.8 Å². The Balaban J connectivity index is 2.32. The normalized spacial score (nSPS) is 13.1. The maximum absolute atomic E-state index is 12.7.